The minimum absolute atomic E-state index is 0.0244. The maximum Gasteiger partial charge on any atom is 0.271 e. The predicted molar refractivity (Wildman–Crippen MR) is 84.9 cm³/mol. The average Bonchev–Trinajstić information content (AvgIpc) is 2.79. The van der Waals surface area contributed by atoms with Crippen molar-refractivity contribution in [3.8, 4) is 0 Å². The zero-order chi connectivity index (χ0) is 16.3. The molecule has 0 atom stereocenters. The smallest absolute Gasteiger partial charge is 0.271 e. The summed E-state index contributed by atoms with van der Waals surface area (Å²) in [6.07, 6.45) is 1.35. The third-order valence-electron chi connectivity index (χ3n) is 2.76. The first-order valence-electron chi connectivity index (χ1n) is 6.10. The lowest BCUT2D eigenvalue weighted by Gasteiger charge is -2.04. The first-order chi connectivity index (χ1) is 10.3. The number of nitrogens with one attached hydrogen (secondary N) is 2. The second kappa shape index (κ2) is 6.20. The van der Waals surface area contributed by atoms with Crippen molar-refractivity contribution in [3.63, 3.8) is 0 Å². The van der Waals surface area contributed by atoms with E-state index in [9.17, 15) is 13.2 Å². The zero-order valence-electron chi connectivity index (χ0n) is 11.5. The van der Waals surface area contributed by atoms with Gasteiger partial charge in [-0.05, 0) is 24.6 Å². The van der Waals surface area contributed by atoms with E-state index in [0.29, 0.717) is 16.3 Å². The second-order valence-electron chi connectivity index (χ2n) is 4.41. The largest absolute Gasteiger partial charge is 0.364 e. The van der Waals surface area contributed by atoms with E-state index in [1.54, 1.807) is 31.2 Å². The van der Waals surface area contributed by atoms with Crippen LogP contribution in [-0.4, -0.2) is 24.5 Å². The van der Waals surface area contributed by atoms with Crippen molar-refractivity contribution in [1.82, 2.24) is 10.2 Å². The molecular formula is C13H13ClN4O3S. The number of nitrogens with zero attached hydrogens (tertiary/aromatic N) is 1. The summed E-state index contributed by atoms with van der Waals surface area (Å²) in [5.74, 6) is -0.836. The van der Waals surface area contributed by atoms with Crippen LogP contribution in [0.2, 0.25) is 5.02 Å². The quantitative estimate of drug-likeness (QED) is 0.770. The molecule has 9 heteroatoms. The molecule has 0 saturated carbocycles. The van der Waals surface area contributed by atoms with Crippen LogP contribution in [0.5, 0.6) is 0 Å². The Morgan fingerprint density at radius 3 is 2.73 bits per heavy atom. The molecule has 4 N–H and O–H groups in total. The summed E-state index contributed by atoms with van der Waals surface area (Å²) in [5.41, 5.74) is 5.92. The third-order valence-corrected chi connectivity index (χ3v) is 4.08. The van der Waals surface area contributed by atoms with Gasteiger partial charge in [0.2, 0.25) is 0 Å². The lowest BCUT2D eigenvalue weighted by molar-refractivity contribution is 0.0996. The number of aromatic nitrogens is 2. The second-order valence-corrected chi connectivity index (χ2v) is 6.38. The third kappa shape index (κ3) is 3.66. The van der Waals surface area contributed by atoms with Crippen molar-refractivity contribution >= 4 is 39.3 Å². The standard InChI is InChI=1S/C13H13ClN4O3S/c1-8-11(12(13(15)19)17-16-8)18-22(20,21)7-6-9-4-2-3-5-10(9)14/h2-7,18H,1H3,(H2,15,19)(H,16,17). The van der Waals surface area contributed by atoms with Crippen molar-refractivity contribution in [2.24, 2.45) is 5.73 Å². The monoisotopic (exact) mass is 340 g/mol. The molecule has 116 valence electrons. The highest BCUT2D eigenvalue weighted by molar-refractivity contribution is 7.95. The van der Waals surface area contributed by atoms with Gasteiger partial charge in [0.15, 0.2) is 5.69 Å². The van der Waals surface area contributed by atoms with Gasteiger partial charge < -0.3 is 5.73 Å². The van der Waals surface area contributed by atoms with Gasteiger partial charge in [-0.1, -0.05) is 29.8 Å². The number of aryl methyl sites for hydroxylation is 1. The molecule has 0 fully saturated rings. The zero-order valence-corrected chi connectivity index (χ0v) is 13.1. The number of rotatable bonds is 5. The van der Waals surface area contributed by atoms with Crippen LogP contribution in [0, 0.1) is 6.92 Å². The number of anilines is 1. The molecule has 1 aromatic heterocycles. The lowest BCUT2D eigenvalue weighted by atomic mass is 10.2. The van der Waals surface area contributed by atoms with Crippen molar-refractivity contribution in [1.29, 1.82) is 0 Å². The fourth-order valence-electron chi connectivity index (χ4n) is 1.68. The summed E-state index contributed by atoms with van der Waals surface area (Å²) in [6, 6.07) is 6.79. The van der Waals surface area contributed by atoms with Crippen LogP contribution in [-0.2, 0) is 10.0 Å². The highest BCUT2D eigenvalue weighted by atomic mass is 35.5. The number of sulfonamides is 1. The minimum Gasteiger partial charge on any atom is -0.364 e. The van der Waals surface area contributed by atoms with E-state index in [1.807, 2.05) is 0 Å². The number of primary amides is 1. The lowest BCUT2D eigenvalue weighted by Crippen LogP contribution is -2.17. The number of benzene rings is 1. The molecule has 2 aromatic rings. The minimum atomic E-state index is -3.85. The normalized spacial score (nSPS) is 11.7. The van der Waals surface area contributed by atoms with E-state index in [1.165, 1.54) is 6.08 Å². The Bertz CT molecular complexity index is 843. The maximum absolute atomic E-state index is 12.1. The maximum atomic E-state index is 12.1. The number of nitrogens with two attached hydrogens (primary N) is 1. The molecule has 2 rings (SSSR count). The Hall–Kier alpha value is -2.32. The summed E-state index contributed by atoms with van der Waals surface area (Å²) in [7, 11) is -3.85. The molecule has 1 amide bonds. The average molecular weight is 341 g/mol. The van der Waals surface area contributed by atoms with E-state index in [-0.39, 0.29) is 11.4 Å². The number of amides is 1. The van der Waals surface area contributed by atoms with Crippen LogP contribution < -0.4 is 10.5 Å². The first kappa shape index (κ1) is 16.1. The SMILES string of the molecule is Cc1[nH]nc(C(N)=O)c1NS(=O)(=O)C=Cc1ccccc1Cl. The van der Waals surface area contributed by atoms with E-state index in [2.05, 4.69) is 14.9 Å². The topological polar surface area (TPSA) is 118 Å². The number of halogens is 1. The highest BCUT2D eigenvalue weighted by Gasteiger charge is 2.19. The molecule has 0 spiro atoms. The number of hydrogen-bond donors (Lipinski definition) is 3. The fourth-order valence-corrected chi connectivity index (χ4v) is 2.81. The van der Waals surface area contributed by atoms with E-state index in [4.69, 9.17) is 17.3 Å². The molecule has 0 saturated heterocycles. The van der Waals surface area contributed by atoms with Crippen LogP contribution in [0.1, 0.15) is 21.7 Å². The molecule has 0 aliphatic carbocycles. The summed E-state index contributed by atoms with van der Waals surface area (Å²) >= 11 is 5.95. The van der Waals surface area contributed by atoms with Crippen LogP contribution in [0.25, 0.3) is 6.08 Å². The summed E-state index contributed by atoms with van der Waals surface area (Å²) < 4.78 is 26.4. The van der Waals surface area contributed by atoms with Crippen molar-refractivity contribution < 1.29 is 13.2 Å². The number of aromatic amines is 1. The van der Waals surface area contributed by atoms with Crippen LogP contribution in [0.4, 0.5) is 5.69 Å². The highest BCUT2D eigenvalue weighted by Crippen LogP contribution is 2.20. The van der Waals surface area contributed by atoms with Gasteiger partial charge >= 0.3 is 0 Å². The molecule has 0 aliphatic rings. The molecule has 0 radical (unpaired) electrons. The van der Waals surface area contributed by atoms with E-state index < -0.39 is 15.9 Å². The van der Waals surface area contributed by atoms with E-state index in [0.717, 1.165) is 5.41 Å². The van der Waals surface area contributed by atoms with Gasteiger partial charge in [0.1, 0.15) is 5.69 Å². The van der Waals surface area contributed by atoms with Crippen molar-refractivity contribution in [2.75, 3.05) is 4.72 Å². The fraction of sp³-hybridized carbons (Fsp3) is 0.0769. The molecule has 0 aliphatic heterocycles. The molecule has 22 heavy (non-hydrogen) atoms. The summed E-state index contributed by atoms with van der Waals surface area (Å²) in [4.78, 5) is 11.2. The molecule has 0 bridgehead atoms. The Labute approximate surface area is 132 Å². The first-order valence-corrected chi connectivity index (χ1v) is 8.03. The van der Waals surface area contributed by atoms with Gasteiger partial charge in [0.25, 0.3) is 15.9 Å². The van der Waals surface area contributed by atoms with Gasteiger partial charge in [0, 0.05) is 5.02 Å². The number of carbonyl (C=O) groups is 1. The Balaban J connectivity index is 2.28. The Kier molecular flexibility index (Phi) is 4.53. The van der Waals surface area contributed by atoms with E-state index >= 15 is 0 Å². The summed E-state index contributed by atoms with van der Waals surface area (Å²) in [5, 5.41) is 7.53. The van der Waals surface area contributed by atoms with Crippen molar-refractivity contribution in [2.45, 2.75) is 6.92 Å². The Morgan fingerprint density at radius 2 is 2.09 bits per heavy atom. The number of hydrogen-bond acceptors (Lipinski definition) is 4. The van der Waals surface area contributed by atoms with Gasteiger partial charge in [0.05, 0.1) is 11.1 Å². The molecule has 1 aromatic carbocycles. The van der Waals surface area contributed by atoms with Crippen LogP contribution >= 0.6 is 11.6 Å². The molecular weight excluding hydrogens is 328 g/mol. The Morgan fingerprint density at radius 1 is 1.41 bits per heavy atom. The van der Waals surface area contributed by atoms with Gasteiger partial charge in [-0.15, -0.1) is 0 Å². The van der Waals surface area contributed by atoms with Crippen LogP contribution in [0.15, 0.2) is 29.7 Å². The van der Waals surface area contributed by atoms with Gasteiger partial charge in [-0.2, -0.15) is 5.10 Å². The van der Waals surface area contributed by atoms with Gasteiger partial charge in [-0.25, -0.2) is 8.42 Å². The number of carbonyl (C=O) groups excluding carboxylic acids is 1. The molecule has 0 unspecified atom stereocenters. The molecule has 1 heterocycles. The molecule has 7 nitrogen and oxygen atoms in total. The predicted octanol–water partition coefficient (Wildman–Crippen LogP) is 1.88. The van der Waals surface area contributed by atoms with Crippen LogP contribution in [0.3, 0.4) is 0 Å². The summed E-state index contributed by atoms with van der Waals surface area (Å²) in [6.45, 7) is 1.56. The van der Waals surface area contributed by atoms with Gasteiger partial charge in [-0.3, -0.25) is 14.6 Å². The number of H-pyrrole nitrogens is 1. The van der Waals surface area contributed by atoms with Crippen molar-refractivity contribution in [3.05, 3.63) is 51.6 Å².